The van der Waals surface area contributed by atoms with E-state index in [4.69, 9.17) is 4.74 Å². The number of aromatic nitrogens is 2. The number of aromatic amines is 2. The van der Waals surface area contributed by atoms with Gasteiger partial charge in [-0.25, -0.2) is 4.79 Å². The third-order valence-corrected chi connectivity index (χ3v) is 4.20. The maximum atomic E-state index is 12.3. The van der Waals surface area contributed by atoms with Gasteiger partial charge in [0.2, 0.25) is 0 Å². The average molecular weight is 308 g/mol. The molecule has 2 aliphatic heterocycles. The van der Waals surface area contributed by atoms with Gasteiger partial charge in [0.1, 0.15) is 5.56 Å². The molecule has 3 heterocycles. The third kappa shape index (κ3) is 3.28. The maximum absolute atomic E-state index is 12.3. The molecule has 2 aliphatic rings. The molecule has 0 bridgehead atoms. The van der Waals surface area contributed by atoms with Gasteiger partial charge in [0.15, 0.2) is 0 Å². The molecule has 2 fully saturated rings. The Morgan fingerprint density at radius 2 is 2.05 bits per heavy atom. The molecule has 0 aliphatic carbocycles. The van der Waals surface area contributed by atoms with Gasteiger partial charge in [0.05, 0.1) is 6.10 Å². The van der Waals surface area contributed by atoms with E-state index in [9.17, 15) is 14.4 Å². The quantitative estimate of drug-likeness (QED) is 0.746. The van der Waals surface area contributed by atoms with Crippen molar-refractivity contribution in [1.29, 1.82) is 0 Å². The fourth-order valence-electron chi connectivity index (χ4n) is 2.95. The molecule has 8 nitrogen and oxygen atoms in total. The largest absolute Gasteiger partial charge is 0.377 e. The molecule has 1 atom stereocenters. The van der Waals surface area contributed by atoms with Crippen molar-refractivity contribution in [1.82, 2.24) is 19.8 Å². The van der Waals surface area contributed by atoms with Crippen LogP contribution in [0.2, 0.25) is 0 Å². The first-order chi connectivity index (χ1) is 10.6. The Balaban J connectivity index is 1.57. The number of nitrogens with one attached hydrogen (secondary N) is 2. The van der Waals surface area contributed by atoms with Gasteiger partial charge < -0.3 is 14.6 Å². The average Bonchev–Trinajstić information content (AvgIpc) is 3.00. The van der Waals surface area contributed by atoms with Gasteiger partial charge in [-0.3, -0.25) is 19.5 Å². The van der Waals surface area contributed by atoms with E-state index in [1.807, 2.05) is 0 Å². The van der Waals surface area contributed by atoms with Gasteiger partial charge in [0.25, 0.3) is 11.5 Å². The van der Waals surface area contributed by atoms with Crippen LogP contribution < -0.4 is 11.2 Å². The molecule has 1 aromatic heterocycles. The van der Waals surface area contributed by atoms with Crippen LogP contribution >= 0.6 is 0 Å². The lowest BCUT2D eigenvalue weighted by atomic mass is 10.2. The highest BCUT2D eigenvalue weighted by Crippen LogP contribution is 2.14. The number of carbonyl (C=O) groups excluding carboxylic acids is 1. The van der Waals surface area contributed by atoms with Gasteiger partial charge in [-0.15, -0.1) is 0 Å². The van der Waals surface area contributed by atoms with Crippen LogP contribution in [0.4, 0.5) is 0 Å². The molecular weight excluding hydrogens is 288 g/mol. The van der Waals surface area contributed by atoms with Gasteiger partial charge in [0, 0.05) is 45.5 Å². The van der Waals surface area contributed by atoms with Crippen molar-refractivity contribution < 1.29 is 9.53 Å². The lowest BCUT2D eigenvalue weighted by Gasteiger charge is -2.35. The summed E-state index contributed by atoms with van der Waals surface area (Å²) >= 11 is 0. The lowest BCUT2D eigenvalue weighted by Crippen LogP contribution is -2.51. The molecule has 0 radical (unpaired) electrons. The Hall–Kier alpha value is -1.93. The van der Waals surface area contributed by atoms with Gasteiger partial charge >= 0.3 is 5.69 Å². The van der Waals surface area contributed by atoms with Crippen LogP contribution in [0.3, 0.4) is 0 Å². The van der Waals surface area contributed by atoms with Crippen molar-refractivity contribution in [2.24, 2.45) is 0 Å². The smallest absolute Gasteiger partial charge is 0.325 e. The molecule has 3 rings (SSSR count). The summed E-state index contributed by atoms with van der Waals surface area (Å²) < 4.78 is 5.62. The number of hydrogen-bond donors (Lipinski definition) is 2. The van der Waals surface area contributed by atoms with Crippen molar-refractivity contribution in [2.45, 2.75) is 18.9 Å². The summed E-state index contributed by atoms with van der Waals surface area (Å²) in [4.78, 5) is 43.3. The minimum absolute atomic E-state index is 0.0211. The molecular formula is C14H20N4O4. The number of amides is 1. The summed E-state index contributed by atoms with van der Waals surface area (Å²) in [5, 5.41) is 0. The molecule has 1 aromatic rings. The molecule has 2 saturated heterocycles. The van der Waals surface area contributed by atoms with Crippen LogP contribution in [0, 0.1) is 0 Å². The highest BCUT2D eigenvalue weighted by atomic mass is 16.5. The Morgan fingerprint density at radius 3 is 2.68 bits per heavy atom. The highest BCUT2D eigenvalue weighted by Gasteiger charge is 2.26. The van der Waals surface area contributed by atoms with Crippen LogP contribution in [-0.4, -0.2) is 71.1 Å². The number of H-pyrrole nitrogens is 2. The second kappa shape index (κ2) is 6.45. The van der Waals surface area contributed by atoms with E-state index < -0.39 is 11.2 Å². The van der Waals surface area contributed by atoms with Crippen molar-refractivity contribution in [3.63, 3.8) is 0 Å². The minimum atomic E-state index is -0.643. The van der Waals surface area contributed by atoms with Crippen molar-refractivity contribution >= 4 is 5.91 Å². The number of ether oxygens (including phenoxy) is 1. The van der Waals surface area contributed by atoms with E-state index in [0.717, 1.165) is 39.1 Å². The second-order valence-electron chi connectivity index (χ2n) is 5.71. The zero-order chi connectivity index (χ0) is 15.5. The fraction of sp³-hybridized carbons (Fsp3) is 0.643. The normalized spacial score (nSPS) is 22.9. The molecule has 0 unspecified atom stereocenters. The number of hydrogen-bond acceptors (Lipinski definition) is 5. The molecule has 120 valence electrons. The zero-order valence-corrected chi connectivity index (χ0v) is 12.3. The third-order valence-electron chi connectivity index (χ3n) is 4.20. The molecule has 2 N–H and O–H groups in total. The summed E-state index contributed by atoms with van der Waals surface area (Å²) in [6.45, 7) is 4.44. The van der Waals surface area contributed by atoms with Crippen LogP contribution in [0.25, 0.3) is 0 Å². The van der Waals surface area contributed by atoms with Crippen molar-refractivity contribution in [2.75, 3.05) is 39.3 Å². The van der Waals surface area contributed by atoms with Gasteiger partial charge in [-0.05, 0) is 12.8 Å². The zero-order valence-electron chi connectivity index (χ0n) is 12.3. The van der Waals surface area contributed by atoms with Crippen molar-refractivity contribution in [3.05, 3.63) is 32.6 Å². The Morgan fingerprint density at radius 1 is 1.27 bits per heavy atom. The molecule has 1 amide bonds. The predicted molar refractivity (Wildman–Crippen MR) is 79.0 cm³/mol. The number of carbonyl (C=O) groups is 1. The molecule has 0 saturated carbocycles. The molecule has 22 heavy (non-hydrogen) atoms. The monoisotopic (exact) mass is 308 g/mol. The minimum Gasteiger partial charge on any atom is -0.377 e. The van der Waals surface area contributed by atoms with Crippen LogP contribution in [0.5, 0.6) is 0 Å². The summed E-state index contributed by atoms with van der Waals surface area (Å²) in [5.41, 5.74) is -1.27. The molecule has 0 spiro atoms. The van der Waals surface area contributed by atoms with E-state index in [-0.39, 0.29) is 11.5 Å². The predicted octanol–water partition coefficient (Wildman–Crippen LogP) is -1.000. The van der Waals surface area contributed by atoms with E-state index in [0.29, 0.717) is 19.2 Å². The summed E-state index contributed by atoms with van der Waals surface area (Å²) in [6.07, 6.45) is 3.72. The van der Waals surface area contributed by atoms with E-state index in [1.54, 1.807) is 4.90 Å². The summed E-state index contributed by atoms with van der Waals surface area (Å²) in [5.74, 6) is -0.339. The number of nitrogens with zero attached hydrogens (tertiary/aromatic N) is 2. The lowest BCUT2D eigenvalue weighted by molar-refractivity contribution is 0.0431. The number of rotatable bonds is 3. The fourth-order valence-corrected chi connectivity index (χ4v) is 2.95. The van der Waals surface area contributed by atoms with Crippen LogP contribution in [0.1, 0.15) is 23.2 Å². The van der Waals surface area contributed by atoms with Gasteiger partial charge in [-0.2, -0.15) is 0 Å². The highest BCUT2D eigenvalue weighted by molar-refractivity contribution is 5.93. The molecule has 8 heteroatoms. The molecule has 0 aromatic carbocycles. The maximum Gasteiger partial charge on any atom is 0.325 e. The van der Waals surface area contributed by atoms with E-state index in [1.165, 1.54) is 6.20 Å². The first-order valence-electron chi connectivity index (χ1n) is 7.59. The van der Waals surface area contributed by atoms with Gasteiger partial charge in [-0.1, -0.05) is 0 Å². The van der Waals surface area contributed by atoms with Crippen LogP contribution in [-0.2, 0) is 4.74 Å². The standard InChI is InChI=1S/C14H20N4O4/c19-12-11(8-15-14(21)16-12)13(20)18-5-3-17(4-6-18)9-10-2-1-7-22-10/h8,10H,1-7,9H2,(H2,15,16,19,21)/t10-/m0/s1. The van der Waals surface area contributed by atoms with Crippen LogP contribution in [0.15, 0.2) is 15.8 Å². The summed E-state index contributed by atoms with van der Waals surface area (Å²) in [6, 6.07) is 0. The Kier molecular flexibility index (Phi) is 4.39. The SMILES string of the molecule is O=C(c1c[nH]c(=O)[nH]c1=O)N1CCN(C[C@@H]2CCCO2)CC1. The topological polar surface area (TPSA) is 98.5 Å². The Bertz CT molecular complexity index is 639. The van der Waals surface area contributed by atoms with E-state index in [2.05, 4.69) is 14.9 Å². The first kappa shape index (κ1) is 15.0. The second-order valence-corrected chi connectivity index (χ2v) is 5.71. The summed E-state index contributed by atoms with van der Waals surface area (Å²) in [7, 11) is 0. The Labute approximate surface area is 127 Å². The van der Waals surface area contributed by atoms with E-state index >= 15 is 0 Å². The van der Waals surface area contributed by atoms with Crippen molar-refractivity contribution in [3.8, 4) is 0 Å². The number of piperazine rings is 1. The first-order valence-corrected chi connectivity index (χ1v) is 7.59.